The van der Waals surface area contributed by atoms with Crippen LogP contribution in [0.15, 0.2) is 43.0 Å². The zero-order valence-corrected chi connectivity index (χ0v) is 15.6. The third kappa shape index (κ3) is 4.29. The summed E-state index contributed by atoms with van der Waals surface area (Å²) in [7, 11) is 1.57. The average Bonchev–Trinajstić information content (AvgIpc) is 3.22. The topological polar surface area (TPSA) is 110 Å². The highest BCUT2D eigenvalue weighted by Gasteiger charge is 2.20. The lowest BCUT2D eigenvalue weighted by Gasteiger charge is -2.19. The van der Waals surface area contributed by atoms with Gasteiger partial charge in [-0.05, 0) is 26.0 Å². The average molecular weight is 381 g/mol. The Bertz CT molecular complexity index is 930. The Kier molecular flexibility index (Phi) is 5.60. The first kappa shape index (κ1) is 19.0. The normalized spacial score (nSPS) is 12.8. The van der Waals surface area contributed by atoms with Gasteiger partial charge in [0.15, 0.2) is 0 Å². The molecule has 2 aromatic rings. The van der Waals surface area contributed by atoms with Crippen molar-refractivity contribution >= 4 is 17.7 Å². The van der Waals surface area contributed by atoms with Crippen molar-refractivity contribution in [1.82, 2.24) is 9.97 Å². The van der Waals surface area contributed by atoms with Gasteiger partial charge < -0.3 is 14.2 Å². The van der Waals surface area contributed by atoms with E-state index in [1.165, 1.54) is 29.7 Å². The highest BCUT2D eigenvalue weighted by Crippen LogP contribution is 2.25. The van der Waals surface area contributed by atoms with Crippen LogP contribution in [0.1, 0.15) is 31.4 Å². The van der Waals surface area contributed by atoms with Crippen LogP contribution in [-0.2, 0) is 9.47 Å². The molecule has 0 atom stereocenters. The molecular formula is C19H19N5O4. The zero-order chi connectivity index (χ0) is 20.1. The van der Waals surface area contributed by atoms with E-state index in [0.717, 1.165) is 0 Å². The van der Waals surface area contributed by atoms with Gasteiger partial charge in [-0.2, -0.15) is 5.26 Å². The fourth-order valence-corrected chi connectivity index (χ4v) is 2.37. The van der Waals surface area contributed by atoms with Gasteiger partial charge in [-0.1, -0.05) is 6.07 Å². The van der Waals surface area contributed by atoms with Gasteiger partial charge in [0, 0.05) is 13.1 Å². The molecule has 2 amide bonds. The molecule has 0 bridgehead atoms. The van der Waals surface area contributed by atoms with E-state index in [1.807, 2.05) is 19.9 Å². The fraction of sp³-hybridized carbons (Fsp3) is 0.263. The number of rotatable bonds is 5. The van der Waals surface area contributed by atoms with Crippen LogP contribution in [0.25, 0.3) is 0 Å². The van der Waals surface area contributed by atoms with Crippen LogP contribution in [0.2, 0.25) is 0 Å². The Hall–Kier alpha value is -3.80. The molecule has 1 N–H and O–H groups in total. The molecule has 1 aliphatic rings. The summed E-state index contributed by atoms with van der Waals surface area (Å²) in [6, 6.07) is 8.25. The van der Waals surface area contributed by atoms with Crippen molar-refractivity contribution in [3.05, 3.63) is 54.2 Å². The van der Waals surface area contributed by atoms with Crippen LogP contribution in [0, 0.1) is 11.3 Å². The van der Waals surface area contributed by atoms with Gasteiger partial charge >= 0.3 is 6.03 Å². The number of nitriles is 1. The van der Waals surface area contributed by atoms with E-state index >= 15 is 0 Å². The third-order valence-electron chi connectivity index (χ3n) is 3.69. The molecular weight excluding hydrogens is 362 g/mol. The summed E-state index contributed by atoms with van der Waals surface area (Å²) in [5.74, 6) is 1.02. The molecule has 0 saturated heterocycles. The minimum absolute atomic E-state index is 0.123. The van der Waals surface area contributed by atoms with Crippen LogP contribution >= 0.6 is 0 Å². The smallest absolute Gasteiger partial charge is 0.328 e. The number of nitrogens with one attached hydrogen (secondary N) is 1. The second kappa shape index (κ2) is 8.26. The lowest BCUT2D eigenvalue weighted by Crippen LogP contribution is -2.32. The Labute approximate surface area is 162 Å². The first-order valence-corrected chi connectivity index (χ1v) is 8.52. The largest absolute Gasteiger partial charge is 0.489 e. The summed E-state index contributed by atoms with van der Waals surface area (Å²) < 4.78 is 16.1. The standard InChI is InChI=1S/C19H19N5O4/c1-12(2)28-15-9-16(21-11-13(15)10-20)23-19(25)24(3)17-6-4-5-14(22-17)18-26-7-8-27-18/h4-9,11-12,18H,1-3H3,(H,21,23,25). The number of aromatic nitrogens is 2. The van der Waals surface area contributed by atoms with Gasteiger partial charge in [0.25, 0.3) is 6.29 Å². The van der Waals surface area contributed by atoms with Crippen LogP contribution in [-0.4, -0.2) is 29.2 Å². The van der Waals surface area contributed by atoms with Crippen molar-refractivity contribution in [1.29, 1.82) is 5.26 Å². The first-order valence-electron chi connectivity index (χ1n) is 8.52. The summed E-state index contributed by atoms with van der Waals surface area (Å²) in [5.41, 5.74) is 0.825. The molecule has 0 spiro atoms. The predicted octanol–water partition coefficient (Wildman–Crippen LogP) is 3.32. The molecule has 1 aliphatic heterocycles. The van der Waals surface area contributed by atoms with Gasteiger partial charge in [-0.25, -0.2) is 14.8 Å². The fourth-order valence-electron chi connectivity index (χ4n) is 2.37. The molecule has 0 aromatic carbocycles. The number of amides is 2. The van der Waals surface area contributed by atoms with Crippen LogP contribution in [0.4, 0.5) is 16.4 Å². The second-order valence-corrected chi connectivity index (χ2v) is 6.13. The van der Waals surface area contributed by atoms with Crippen molar-refractivity contribution < 1.29 is 19.0 Å². The number of hydrogen-bond acceptors (Lipinski definition) is 7. The van der Waals surface area contributed by atoms with Crippen molar-refractivity contribution in [2.75, 3.05) is 17.3 Å². The number of anilines is 2. The number of ether oxygens (including phenoxy) is 3. The van der Waals surface area contributed by atoms with Crippen molar-refractivity contribution in [3.63, 3.8) is 0 Å². The van der Waals surface area contributed by atoms with E-state index in [1.54, 1.807) is 25.2 Å². The number of nitrogens with zero attached hydrogens (tertiary/aromatic N) is 4. The number of urea groups is 1. The highest BCUT2D eigenvalue weighted by atomic mass is 16.7. The first-order chi connectivity index (χ1) is 13.5. The number of carbonyl (C=O) groups is 1. The van der Waals surface area contributed by atoms with Gasteiger partial charge in [0.1, 0.15) is 47.2 Å². The highest BCUT2D eigenvalue weighted by molar-refractivity contribution is 6.00. The van der Waals surface area contributed by atoms with Gasteiger partial charge in [-0.15, -0.1) is 0 Å². The molecule has 0 unspecified atom stereocenters. The van der Waals surface area contributed by atoms with E-state index in [9.17, 15) is 4.79 Å². The summed E-state index contributed by atoms with van der Waals surface area (Å²) in [4.78, 5) is 22.4. The Morgan fingerprint density at radius 3 is 2.79 bits per heavy atom. The summed E-state index contributed by atoms with van der Waals surface area (Å²) >= 11 is 0. The molecule has 9 nitrogen and oxygen atoms in total. The molecule has 3 heterocycles. The molecule has 0 fully saturated rings. The number of hydrogen-bond donors (Lipinski definition) is 1. The number of carbonyl (C=O) groups excluding carboxylic acids is 1. The maximum Gasteiger partial charge on any atom is 0.328 e. The minimum Gasteiger partial charge on any atom is -0.489 e. The molecule has 28 heavy (non-hydrogen) atoms. The summed E-state index contributed by atoms with van der Waals surface area (Å²) in [6.45, 7) is 3.69. The lowest BCUT2D eigenvalue weighted by atomic mass is 10.2. The van der Waals surface area contributed by atoms with E-state index in [2.05, 4.69) is 15.3 Å². The Balaban J connectivity index is 1.74. The SMILES string of the molecule is CC(C)Oc1cc(NC(=O)N(C)c2cccc(C3OC=CO3)n2)ncc1C#N. The monoisotopic (exact) mass is 381 g/mol. The molecule has 9 heteroatoms. The van der Waals surface area contributed by atoms with Crippen LogP contribution < -0.4 is 15.0 Å². The summed E-state index contributed by atoms with van der Waals surface area (Å²) in [6.07, 6.45) is 3.47. The van der Waals surface area contributed by atoms with Crippen LogP contribution in [0.3, 0.4) is 0 Å². The van der Waals surface area contributed by atoms with E-state index in [0.29, 0.717) is 22.8 Å². The molecule has 0 aliphatic carbocycles. The van der Waals surface area contributed by atoms with Gasteiger partial charge in [-0.3, -0.25) is 10.2 Å². The summed E-state index contributed by atoms with van der Waals surface area (Å²) in [5, 5.41) is 11.8. The molecule has 3 rings (SSSR count). The quantitative estimate of drug-likeness (QED) is 0.846. The van der Waals surface area contributed by atoms with E-state index < -0.39 is 12.3 Å². The lowest BCUT2D eigenvalue weighted by molar-refractivity contribution is -0.0278. The predicted molar refractivity (Wildman–Crippen MR) is 100 cm³/mol. The maximum atomic E-state index is 12.6. The van der Waals surface area contributed by atoms with E-state index in [4.69, 9.17) is 19.5 Å². The molecule has 2 aromatic heterocycles. The number of pyridine rings is 2. The third-order valence-corrected chi connectivity index (χ3v) is 3.69. The van der Waals surface area contributed by atoms with Crippen LogP contribution in [0.5, 0.6) is 5.75 Å². The molecule has 0 saturated carbocycles. The van der Waals surface area contributed by atoms with Gasteiger partial charge in [0.05, 0.1) is 12.3 Å². The van der Waals surface area contributed by atoms with E-state index in [-0.39, 0.29) is 11.9 Å². The van der Waals surface area contributed by atoms with Crippen molar-refractivity contribution in [2.45, 2.75) is 26.2 Å². The minimum atomic E-state index is -0.632. The second-order valence-electron chi connectivity index (χ2n) is 6.13. The van der Waals surface area contributed by atoms with Crippen molar-refractivity contribution in [3.8, 4) is 11.8 Å². The Morgan fingerprint density at radius 2 is 2.11 bits per heavy atom. The van der Waals surface area contributed by atoms with Gasteiger partial charge in [0.2, 0.25) is 0 Å². The zero-order valence-electron chi connectivity index (χ0n) is 15.6. The van der Waals surface area contributed by atoms with Crippen molar-refractivity contribution in [2.24, 2.45) is 0 Å². The Morgan fingerprint density at radius 1 is 1.36 bits per heavy atom. The molecule has 0 radical (unpaired) electrons. The maximum absolute atomic E-state index is 12.6. The molecule has 144 valence electrons.